The first-order chi connectivity index (χ1) is 14.4. The van der Waals surface area contributed by atoms with Crippen LogP contribution in [0.2, 0.25) is 5.02 Å². The van der Waals surface area contributed by atoms with Crippen molar-refractivity contribution in [3.63, 3.8) is 0 Å². The number of nitrogens with zero attached hydrogens (tertiary/aromatic N) is 3. The SMILES string of the molecule is Cc1ccc(Cl)c2sc(N(Cc3ccccc3)C(=O)c3ccc([N+](=O)[O-])cc3)nc12. The van der Waals surface area contributed by atoms with Gasteiger partial charge in [-0.2, -0.15) is 0 Å². The fourth-order valence-electron chi connectivity index (χ4n) is 3.08. The van der Waals surface area contributed by atoms with Gasteiger partial charge in [-0.25, -0.2) is 4.98 Å². The van der Waals surface area contributed by atoms with Crippen LogP contribution in [0.1, 0.15) is 21.5 Å². The predicted molar refractivity (Wildman–Crippen MR) is 119 cm³/mol. The van der Waals surface area contributed by atoms with Crippen LogP contribution < -0.4 is 4.90 Å². The molecule has 3 aromatic carbocycles. The van der Waals surface area contributed by atoms with E-state index < -0.39 is 4.92 Å². The van der Waals surface area contributed by atoms with Crippen molar-refractivity contribution >= 4 is 49.9 Å². The molecule has 0 unspecified atom stereocenters. The second-order valence-electron chi connectivity index (χ2n) is 6.72. The molecule has 4 rings (SSSR count). The molecule has 1 heterocycles. The fourth-order valence-corrected chi connectivity index (χ4v) is 4.39. The van der Waals surface area contributed by atoms with E-state index in [2.05, 4.69) is 0 Å². The number of aromatic nitrogens is 1. The van der Waals surface area contributed by atoms with E-state index in [4.69, 9.17) is 16.6 Å². The van der Waals surface area contributed by atoms with Crippen LogP contribution in [0.3, 0.4) is 0 Å². The average Bonchev–Trinajstić information content (AvgIpc) is 3.21. The summed E-state index contributed by atoms with van der Waals surface area (Å²) in [6, 6.07) is 18.9. The summed E-state index contributed by atoms with van der Waals surface area (Å²) in [6.45, 7) is 2.26. The maximum absolute atomic E-state index is 13.4. The van der Waals surface area contributed by atoms with E-state index in [0.29, 0.717) is 22.3 Å². The van der Waals surface area contributed by atoms with Crippen LogP contribution in [0.25, 0.3) is 10.2 Å². The van der Waals surface area contributed by atoms with E-state index in [1.54, 1.807) is 4.90 Å². The van der Waals surface area contributed by atoms with Gasteiger partial charge in [0.05, 0.1) is 26.7 Å². The Balaban J connectivity index is 1.78. The molecule has 1 amide bonds. The third-order valence-corrected chi connectivity index (χ3v) is 6.21. The molecule has 0 spiro atoms. The molecular formula is C22H16ClN3O3S. The number of carbonyl (C=O) groups excluding carboxylic acids is 1. The summed E-state index contributed by atoms with van der Waals surface area (Å²) in [5.74, 6) is -0.290. The zero-order chi connectivity index (χ0) is 21.3. The smallest absolute Gasteiger partial charge is 0.269 e. The van der Waals surface area contributed by atoms with Crippen molar-refractivity contribution in [2.24, 2.45) is 0 Å². The Morgan fingerprint density at radius 3 is 2.43 bits per heavy atom. The Labute approximate surface area is 181 Å². The third kappa shape index (κ3) is 3.90. The summed E-state index contributed by atoms with van der Waals surface area (Å²) in [5, 5.41) is 12.0. The molecule has 0 radical (unpaired) electrons. The van der Waals surface area contributed by atoms with Crippen LogP contribution in [0.15, 0.2) is 66.7 Å². The Kier molecular flexibility index (Phi) is 5.48. The van der Waals surface area contributed by atoms with E-state index in [-0.39, 0.29) is 11.6 Å². The van der Waals surface area contributed by atoms with E-state index >= 15 is 0 Å². The number of nitro benzene ring substituents is 1. The lowest BCUT2D eigenvalue weighted by Crippen LogP contribution is -2.30. The summed E-state index contributed by atoms with van der Waals surface area (Å²) in [4.78, 5) is 30.1. The molecule has 0 fully saturated rings. The molecule has 30 heavy (non-hydrogen) atoms. The number of thiazole rings is 1. The minimum atomic E-state index is -0.492. The molecule has 0 aliphatic rings. The molecule has 1 aromatic heterocycles. The van der Waals surface area contributed by atoms with Crippen LogP contribution in [-0.2, 0) is 6.54 Å². The highest BCUT2D eigenvalue weighted by Gasteiger charge is 2.23. The van der Waals surface area contributed by atoms with Crippen molar-refractivity contribution in [1.29, 1.82) is 0 Å². The molecule has 4 aromatic rings. The molecule has 150 valence electrons. The molecule has 0 N–H and O–H groups in total. The van der Waals surface area contributed by atoms with Crippen LogP contribution in [0.5, 0.6) is 0 Å². The van der Waals surface area contributed by atoms with Gasteiger partial charge < -0.3 is 0 Å². The van der Waals surface area contributed by atoms with E-state index in [9.17, 15) is 14.9 Å². The van der Waals surface area contributed by atoms with Crippen LogP contribution in [0, 0.1) is 17.0 Å². The molecule has 6 nitrogen and oxygen atoms in total. The number of aryl methyl sites for hydroxylation is 1. The predicted octanol–water partition coefficient (Wildman–Crippen LogP) is 6.01. The molecule has 0 saturated heterocycles. The van der Waals surface area contributed by atoms with Crippen molar-refractivity contribution < 1.29 is 9.72 Å². The minimum absolute atomic E-state index is 0.0662. The molecule has 0 bridgehead atoms. The number of carbonyl (C=O) groups is 1. The number of nitro groups is 1. The van der Waals surface area contributed by atoms with Crippen molar-refractivity contribution in [1.82, 2.24) is 4.98 Å². The first-order valence-electron chi connectivity index (χ1n) is 9.10. The summed E-state index contributed by atoms with van der Waals surface area (Å²) >= 11 is 7.70. The summed E-state index contributed by atoms with van der Waals surface area (Å²) in [5.41, 5.74) is 2.95. The quantitative estimate of drug-likeness (QED) is 0.283. The van der Waals surface area contributed by atoms with E-state index in [0.717, 1.165) is 21.3 Å². The number of non-ortho nitro benzene ring substituents is 1. The zero-order valence-electron chi connectivity index (χ0n) is 15.9. The highest BCUT2D eigenvalue weighted by Crippen LogP contribution is 2.36. The molecular weight excluding hydrogens is 422 g/mol. The maximum Gasteiger partial charge on any atom is 0.269 e. The Hall–Kier alpha value is -3.29. The number of anilines is 1. The fraction of sp³-hybridized carbons (Fsp3) is 0.0909. The number of hydrogen-bond donors (Lipinski definition) is 0. The number of rotatable bonds is 5. The van der Waals surface area contributed by atoms with Crippen LogP contribution >= 0.6 is 22.9 Å². The summed E-state index contributed by atoms with van der Waals surface area (Å²) in [6.07, 6.45) is 0. The lowest BCUT2D eigenvalue weighted by Gasteiger charge is -2.20. The number of benzene rings is 3. The molecule has 0 aliphatic carbocycles. The molecule has 0 atom stereocenters. The standard InChI is InChI=1S/C22H16ClN3O3S/c1-14-7-12-18(23)20-19(14)24-22(30-20)25(13-15-5-3-2-4-6-15)21(27)16-8-10-17(11-9-16)26(28)29/h2-12H,13H2,1H3. The Morgan fingerprint density at radius 1 is 1.10 bits per heavy atom. The maximum atomic E-state index is 13.4. The average molecular weight is 438 g/mol. The van der Waals surface area contributed by atoms with E-state index in [1.807, 2.05) is 49.4 Å². The summed E-state index contributed by atoms with van der Waals surface area (Å²) in [7, 11) is 0. The topological polar surface area (TPSA) is 76.3 Å². The van der Waals surface area contributed by atoms with Crippen LogP contribution in [-0.4, -0.2) is 15.8 Å². The highest BCUT2D eigenvalue weighted by molar-refractivity contribution is 7.23. The number of amides is 1. The normalized spacial score (nSPS) is 10.9. The number of hydrogen-bond acceptors (Lipinski definition) is 5. The van der Waals surface area contributed by atoms with Gasteiger partial charge in [0, 0.05) is 17.7 Å². The van der Waals surface area contributed by atoms with Crippen molar-refractivity contribution in [2.45, 2.75) is 13.5 Å². The van der Waals surface area contributed by atoms with Crippen molar-refractivity contribution in [3.05, 3.63) is 98.6 Å². The number of halogens is 1. The van der Waals surface area contributed by atoms with Crippen molar-refractivity contribution in [3.8, 4) is 0 Å². The van der Waals surface area contributed by atoms with Gasteiger partial charge in [-0.3, -0.25) is 19.8 Å². The monoisotopic (exact) mass is 437 g/mol. The van der Waals surface area contributed by atoms with Gasteiger partial charge in [0.15, 0.2) is 5.13 Å². The number of fused-ring (bicyclic) bond motifs is 1. The lowest BCUT2D eigenvalue weighted by atomic mass is 10.1. The Morgan fingerprint density at radius 2 is 1.80 bits per heavy atom. The first-order valence-corrected chi connectivity index (χ1v) is 10.3. The van der Waals surface area contributed by atoms with Gasteiger partial charge in [0.25, 0.3) is 11.6 Å². The second-order valence-corrected chi connectivity index (χ2v) is 8.10. The van der Waals surface area contributed by atoms with Gasteiger partial charge in [0.1, 0.15) is 0 Å². The first kappa shape index (κ1) is 20.0. The van der Waals surface area contributed by atoms with Crippen molar-refractivity contribution in [2.75, 3.05) is 4.90 Å². The molecule has 0 aliphatic heterocycles. The largest absolute Gasteiger partial charge is 0.279 e. The minimum Gasteiger partial charge on any atom is -0.279 e. The van der Waals surface area contributed by atoms with Gasteiger partial charge in [-0.1, -0.05) is 59.3 Å². The lowest BCUT2D eigenvalue weighted by molar-refractivity contribution is -0.384. The summed E-state index contributed by atoms with van der Waals surface area (Å²) < 4.78 is 0.821. The van der Waals surface area contributed by atoms with Gasteiger partial charge in [-0.15, -0.1) is 0 Å². The van der Waals surface area contributed by atoms with Gasteiger partial charge >= 0.3 is 0 Å². The van der Waals surface area contributed by atoms with Gasteiger partial charge in [0.2, 0.25) is 0 Å². The van der Waals surface area contributed by atoms with E-state index in [1.165, 1.54) is 35.6 Å². The third-order valence-electron chi connectivity index (χ3n) is 4.67. The van der Waals surface area contributed by atoms with Crippen LogP contribution in [0.4, 0.5) is 10.8 Å². The molecule has 8 heteroatoms. The Bertz CT molecular complexity index is 1200. The van der Waals surface area contributed by atoms with Gasteiger partial charge in [-0.05, 0) is 36.2 Å². The highest BCUT2D eigenvalue weighted by atomic mass is 35.5. The second kappa shape index (κ2) is 8.22. The zero-order valence-corrected chi connectivity index (χ0v) is 17.5. The molecule has 0 saturated carbocycles.